The van der Waals surface area contributed by atoms with Crippen molar-refractivity contribution < 1.29 is 4.79 Å². The molecule has 0 aliphatic carbocycles. The minimum absolute atomic E-state index is 0.112. The Kier molecular flexibility index (Phi) is 4.16. The molecule has 0 aromatic carbocycles. The molecule has 1 amide bonds. The van der Waals surface area contributed by atoms with Gasteiger partial charge < -0.3 is 9.47 Å². The molecule has 0 spiro atoms. The first-order valence-corrected chi connectivity index (χ1v) is 9.50. The average molecular weight is 330 g/mol. The summed E-state index contributed by atoms with van der Waals surface area (Å²) in [6.07, 6.45) is 7.23. The van der Waals surface area contributed by atoms with Crippen molar-refractivity contribution >= 4 is 17.2 Å². The smallest absolute Gasteiger partial charge is 0.227 e. The first kappa shape index (κ1) is 14.9. The number of thiophene rings is 1. The van der Waals surface area contributed by atoms with Gasteiger partial charge in [0, 0.05) is 19.5 Å². The number of carbonyl (C=O) groups excluding carboxylic acids is 1. The number of aromatic nitrogens is 3. The van der Waals surface area contributed by atoms with Crippen molar-refractivity contribution in [3.8, 4) is 0 Å². The van der Waals surface area contributed by atoms with E-state index in [2.05, 4.69) is 20.1 Å². The average Bonchev–Trinajstić information content (AvgIpc) is 3.26. The number of nitrogens with zero attached hydrogens (tertiary/aromatic N) is 4. The Balaban J connectivity index is 1.56. The molecule has 2 aromatic heterocycles. The van der Waals surface area contributed by atoms with Gasteiger partial charge in [0.05, 0.1) is 12.5 Å². The molecule has 2 aromatic rings. The molecule has 2 aliphatic heterocycles. The lowest BCUT2D eigenvalue weighted by molar-refractivity contribution is -0.131. The van der Waals surface area contributed by atoms with Crippen LogP contribution in [-0.2, 0) is 24.2 Å². The third-order valence-corrected chi connectivity index (χ3v) is 5.68. The number of hydrogen-bond acceptors (Lipinski definition) is 4. The van der Waals surface area contributed by atoms with Crippen molar-refractivity contribution in [1.82, 2.24) is 19.7 Å². The van der Waals surface area contributed by atoms with Crippen molar-refractivity contribution in [3.05, 3.63) is 34.0 Å². The molecule has 4 rings (SSSR count). The lowest BCUT2D eigenvalue weighted by atomic mass is 10.1. The summed E-state index contributed by atoms with van der Waals surface area (Å²) < 4.78 is 2.29. The molecule has 0 saturated carbocycles. The summed E-state index contributed by atoms with van der Waals surface area (Å²) >= 11 is 1.65. The SMILES string of the molecule is O=C(Cc1ccsc1)N1CCC[C@@H]1c1nnc2n1CCCCC2. The Labute approximate surface area is 140 Å². The third-order valence-electron chi connectivity index (χ3n) is 4.94. The molecular formula is C17H22N4OS. The van der Waals surface area contributed by atoms with Crippen molar-refractivity contribution in [2.45, 2.75) is 57.5 Å². The molecule has 122 valence electrons. The normalized spacial score (nSPS) is 21.2. The fraction of sp³-hybridized carbons (Fsp3) is 0.588. The molecule has 4 heterocycles. The van der Waals surface area contributed by atoms with Gasteiger partial charge in [0.15, 0.2) is 5.82 Å². The lowest BCUT2D eigenvalue weighted by Crippen LogP contribution is -2.33. The highest BCUT2D eigenvalue weighted by Gasteiger charge is 2.34. The summed E-state index contributed by atoms with van der Waals surface area (Å²) in [5.41, 5.74) is 1.12. The van der Waals surface area contributed by atoms with Gasteiger partial charge in [0.2, 0.25) is 5.91 Å². The largest absolute Gasteiger partial charge is 0.332 e. The zero-order chi connectivity index (χ0) is 15.6. The van der Waals surface area contributed by atoms with E-state index in [4.69, 9.17) is 0 Å². The summed E-state index contributed by atoms with van der Waals surface area (Å²) in [5, 5.41) is 13.0. The standard InChI is InChI=1S/C17H22N4OS/c22-16(11-13-7-10-23-12-13)20-9-4-5-14(20)17-19-18-15-6-2-1-3-8-21(15)17/h7,10,12,14H,1-6,8-9,11H2/t14-/m1/s1. The summed E-state index contributed by atoms with van der Waals surface area (Å²) in [6, 6.07) is 2.15. The van der Waals surface area contributed by atoms with Crippen LogP contribution in [0.2, 0.25) is 0 Å². The van der Waals surface area contributed by atoms with Crippen LogP contribution in [0.25, 0.3) is 0 Å². The first-order chi connectivity index (χ1) is 11.3. The maximum Gasteiger partial charge on any atom is 0.227 e. The summed E-state index contributed by atoms with van der Waals surface area (Å²) in [5.74, 6) is 2.34. The zero-order valence-electron chi connectivity index (χ0n) is 13.3. The fourth-order valence-corrected chi connectivity index (χ4v) is 4.43. The summed E-state index contributed by atoms with van der Waals surface area (Å²) in [4.78, 5) is 14.8. The van der Waals surface area contributed by atoms with Crippen LogP contribution in [0.1, 0.15) is 55.4 Å². The second-order valence-corrected chi connectivity index (χ2v) is 7.27. The van der Waals surface area contributed by atoms with Crippen molar-refractivity contribution in [2.24, 2.45) is 0 Å². The maximum absolute atomic E-state index is 12.7. The predicted molar refractivity (Wildman–Crippen MR) is 89.3 cm³/mol. The number of aryl methyl sites for hydroxylation is 1. The molecule has 0 unspecified atom stereocenters. The van der Waals surface area contributed by atoms with Crippen LogP contribution in [0, 0.1) is 0 Å². The van der Waals surface area contributed by atoms with Crippen molar-refractivity contribution in [1.29, 1.82) is 0 Å². The Bertz CT molecular complexity index is 679. The van der Waals surface area contributed by atoms with Crippen LogP contribution in [0.15, 0.2) is 16.8 Å². The van der Waals surface area contributed by atoms with Crippen LogP contribution in [0.5, 0.6) is 0 Å². The minimum atomic E-state index is 0.112. The predicted octanol–water partition coefficient (Wildman–Crippen LogP) is 2.97. The molecule has 0 radical (unpaired) electrons. The van der Waals surface area contributed by atoms with Crippen LogP contribution in [0.3, 0.4) is 0 Å². The van der Waals surface area contributed by atoms with Crippen LogP contribution in [0.4, 0.5) is 0 Å². The van der Waals surface area contributed by atoms with Gasteiger partial charge in [0.1, 0.15) is 5.82 Å². The second-order valence-electron chi connectivity index (χ2n) is 6.49. The fourth-order valence-electron chi connectivity index (χ4n) is 3.76. The highest BCUT2D eigenvalue weighted by Crippen LogP contribution is 2.32. The molecule has 23 heavy (non-hydrogen) atoms. The number of rotatable bonds is 3. The first-order valence-electron chi connectivity index (χ1n) is 8.55. The third kappa shape index (κ3) is 2.92. The Hall–Kier alpha value is -1.69. The Morgan fingerprint density at radius 3 is 3.04 bits per heavy atom. The van der Waals surface area contributed by atoms with E-state index < -0.39 is 0 Å². The Morgan fingerprint density at radius 2 is 2.17 bits per heavy atom. The van der Waals surface area contributed by atoms with Gasteiger partial charge >= 0.3 is 0 Å². The number of fused-ring (bicyclic) bond motifs is 1. The summed E-state index contributed by atoms with van der Waals surface area (Å²) in [6.45, 7) is 1.84. The maximum atomic E-state index is 12.7. The molecule has 5 nitrogen and oxygen atoms in total. The molecule has 0 N–H and O–H groups in total. The zero-order valence-corrected chi connectivity index (χ0v) is 14.1. The summed E-state index contributed by atoms with van der Waals surface area (Å²) in [7, 11) is 0. The topological polar surface area (TPSA) is 51.0 Å². The number of carbonyl (C=O) groups is 1. The minimum Gasteiger partial charge on any atom is -0.332 e. The van der Waals surface area contributed by atoms with Gasteiger partial charge in [-0.2, -0.15) is 11.3 Å². The van der Waals surface area contributed by atoms with E-state index in [1.54, 1.807) is 11.3 Å². The van der Waals surface area contributed by atoms with Gasteiger partial charge in [-0.15, -0.1) is 10.2 Å². The van der Waals surface area contributed by atoms with Crippen molar-refractivity contribution in [3.63, 3.8) is 0 Å². The molecular weight excluding hydrogens is 308 g/mol. The van der Waals surface area contributed by atoms with Gasteiger partial charge in [-0.05, 0) is 48.1 Å². The van der Waals surface area contributed by atoms with E-state index in [9.17, 15) is 4.79 Å². The van der Waals surface area contributed by atoms with Crippen LogP contribution >= 0.6 is 11.3 Å². The highest BCUT2D eigenvalue weighted by atomic mass is 32.1. The highest BCUT2D eigenvalue weighted by molar-refractivity contribution is 7.07. The van der Waals surface area contributed by atoms with Crippen LogP contribution in [-0.4, -0.2) is 32.1 Å². The quantitative estimate of drug-likeness (QED) is 0.869. The molecule has 6 heteroatoms. The van der Waals surface area contributed by atoms with E-state index in [0.29, 0.717) is 6.42 Å². The van der Waals surface area contributed by atoms with E-state index in [1.807, 2.05) is 16.3 Å². The van der Waals surface area contributed by atoms with Gasteiger partial charge in [-0.25, -0.2) is 0 Å². The molecule has 1 atom stereocenters. The van der Waals surface area contributed by atoms with E-state index in [1.165, 1.54) is 19.3 Å². The second kappa shape index (κ2) is 6.43. The monoisotopic (exact) mass is 330 g/mol. The number of amides is 1. The molecule has 2 aliphatic rings. The number of hydrogen-bond donors (Lipinski definition) is 0. The lowest BCUT2D eigenvalue weighted by Gasteiger charge is -2.24. The van der Waals surface area contributed by atoms with E-state index in [0.717, 1.165) is 49.6 Å². The van der Waals surface area contributed by atoms with E-state index >= 15 is 0 Å². The van der Waals surface area contributed by atoms with E-state index in [-0.39, 0.29) is 11.9 Å². The van der Waals surface area contributed by atoms with Crippen molar-refractivity contribution in [2.75, 3.05) is 6.54 Å². The Morgan fingerprint density at radius 1 is 1.22 bits per heavy atom. The molecule has 1 saturated heterocycles. The molecule has 0 bridgehead atoms. The van der Waals surface area contributed by atoms with Gasteiger partial charge in [0.25, 0.3) is 0 Å². The number of likely N-dealkylation sites (tertiary alicyclic amines) is 1. The van der Waals surface area contributed by atoms with Crippen LogP contribution < -0.4 is 0 Å². The van der Waals surface area contributed by atoms with Gasteiger partial charge in [-0.3, -0.25) is 4.79 Å². The molecule has 1 fully saturated rings. The van der Waals surface area contributed by atoms with Gasteiger partial charge in [-0.1, -0.05) is 6.42 Å².